The van der Waals surface area contributed by atoms with Crippen LogP contribution in [0.2, 0.25) is 0 Å². The highest BCUT2D eigenvalue weighted by atomic mass is 79.9. The van der Waals surface area contributed by atoms with Crippen LogP contribution in [0.1, 0.15) is 11.1 Å². The molecule has 9 nitrogen and oxygen atoms in total. The number of hydrogen-bond acceptors (Lipinski definition) is 7. The van der Waals surface area contributed by atoms with Crippen LogP contribution in [-0.4, -0.2) is 33.4 Å². The van der Waals surface area contributed by atoms with Crippen molar-refractivity contribution in [3.05, 3.63) is 102 Å². The van der Waals surface area contributed by atoms with Crippen LogP contribution in [-0.2, 0) is 16.2 Å². The summed E-state index contributed by atoms with van der Waals surface area (Å²) >= 11 is 7.58. The van der Waals surface area contributed by atoms with E-state index in [1.807, 2.05) is 0 Å². The van der Waals surface area contributed by atoms with Crippen LogP contribution in [0, 0.1) is 15.9 Å². The average molecular weight is 665 g/mol. The molecule has 0 aliphatic carbocycles. The molecule has 1 saturated heterocycles. The van der Waals surface area contributed by atoms with Crippen molar-refractivity contribution in [1.82, 2.24) is 4.90 Å². The van der Waals surface area contributed by atoms with E-state index in [2.05, 4.69) is 37.2 Å². The number of nitro groups is 1. The maximum Gasteiger partial charge on any atom is 0.294 e. The fourth-order valence-electron chi connectivity index (χ4n) is 3.37. The number of anilines is 1. The molecule has 0 bridgehead atoms. The summed E-state index contributed by atoms with van der Waals surface area (Å²) in [6.45, 7) is -0.355. The number of nitrogens with zero attached hydrogens (tertiary/aromatic N) is 2. The van der Waals surface area contributed by atoms with E-state index in [0.29, 0.717) is 32.0 Å². The number of nitrogens with one attached hydrogen (secondary N) is 1. The zero-order valence-corrected chi connectivity index (χ0v) is 23.1. The van der Waals surface area contributed by atoms with Crippen LogP contribution < -0.4 is 10.1 Å². The topological polar surface area (TPSA) is 119 Å². The Morgan fingerprint density at radius 2 is 1.79 bits per heavy atom. The van der Waals surface area contributed by atoms with Gasteiger partial charge < -0.3 is 10.1 Å². The first-order chi connectivity index (χ1) is 18.1. The van der Waals surface area contributed by atoms with E-state index in [1.54, 1.807) is 24.3 Å². The summed E-state index contributed by atoms with van der Waals surface area (Å²) in [6.07, 6.45) is 1.52. The average Bonchev–Trinajstić information content (AvgIpc) is 3.11. The molecular weight excluding hydrogens is 649 g/mol. The van der Waals surface area contributed by atoms with Crippen molar-refractivity contribution in [2.24, 2.45) is 0 Å². The Labute approximate surface area is 236 Å². The molecule has 0 unspecified atom stereocenters. The molecule has 38 heavy (non-hydrogen) atoms. The summed E-state index contributed by atoms with van der Waals surface area (Å²) in [4.78, 5) is 48.8. The zero-order valence-electron chi connectivity index (χ0n) is 19.2. The number of nitro benzene ring substituents is 1. The van der Waals surface area contributed by atoms with Gasteiger partial charge in [0.15, 0.2) is 0 Å². The first-order valence-electron chi connectivity index (χ1n) is 10.8. The standard InChI is InChI=1S/C25H16Br2FN3O6S/c26-19-8-15(9-20(27)23(19)37-13-14-4-6-18(7-5-14)31(35)36)10-21-24(33)30(25(34)38-21)12-22(32)29-17-3-1-2-16(28)11-17/h1-11H,12-13H2,(H,29,32)/b21-10+. The Morgan fingerprint density at radius 1 is 1.11 bits per heavy atom. The fourth-order valence-corrected chi connectivity index (χ4v) is 5.66. The van der Waals surface area contributed by atoms with Crippen molar-refractivity contribution in [3.63, 3.8) is 0 Å². The Hall–Kier alpha value is -3.55. The van der Waals surface area contributed by atoms with Gasteiger partial charge in [-0.25, -0.2) is 4.39 Å². The molecule has 3 aromatic rings. The molecule has 1 heterocycles. The molecule has 4 rings (SSSR count). The van der Waals surface area contributed by atoms with Gasteiger partial charge in [-0.2, -0.15) is 0 Å². The molecule has 1 aliphatic heterocycles. The first kappa shape index (κ1) is 27.5. The molecule has 0 atom stereocenters. The maximum absolute atomic E-state index is 13.3. The van der Waals surface area contributed by atoms with E-state index in [0.717, 1.165) is 16.5 Å². The number of halogens is 3. The Balaban J connectivity index is 1.42. The van der Waals surface area contributed by atoms with Crippen molar-refractivity contribution in [1.29, 1.82) is 0 Å². The fraction of sp³-hybridized carbons (Fsp3) is 0.0800. The molecule has 1 fully saturated rings. The van der Waals surface area contributed by atoms with Crippen molar-refractivity contribution in [3.8, 4) is 5.75 Å². The van der Waals surface area contributed by atoms with Crippen molar-refractivity contribution in [2.45, 2.75) is 6.61 Å². The lowest BCUT2D eigenvalue weighted by Crippen LogP contribution is -2.36. The van der Waals surface area contributed by atoms with Gasteiger partial charge in [0.1, 0.15) is 24.7 Å². The number of rotatable bonds is 8. The van der Waals surface area contributed by atoms with E-state index in [4.69, 9.17) is 4.74 Å². The van der Waals surface area contributed by atoms with Gasteiger partial charge in [-0.15, -0.1) is 0 Å². The number of benzene rings is 3. The number of carbonyl (C=O) groups is 3. The van der Waals surface area contributed by atoms with E-state index in [9.17, 15) is 28.9 Å². The van der Waals surface area contributed by atoms with Crippen molar-refractivity contribution >= 4 is 78.1 Å². The second-order valence-corrected chi connectivity index (χ2v) is 10.6. The van der Waals surface area contributed by atoms with Gasteiger partial charge >= 0.3 is 0 Å². The Morgan fingerprint density at radius 3 is 2.42 bits per heavy atom. The lowest BCUT2D eigenvalue weighted by Gasteiger charge is -2.13. The van der Waals surface area contributed by atoms with Gasteiger partial charge in [-0.1, -0.05) is 6.07 Å². The maximum atomic E-state index is 13.3. The monoisotopic (exact) mass is 663 g/mol. The lowest BCUT2D eigenvalue weighted by atomic mass is 10.2. The molecule has 3 amide bonds. The number of amides is 3. The smallest absolute Gasteiger partial charge is 0.294 e. The van der Waals surface area contributed by atoms with Gasteiger partial charge in [0.2, 0.25) is 5.91 Å². The molecule has 3 aromatic carbocycles. The number of thioether (sulfide) groups is 1. The summed E-state index contributed by atoms with van der Waals surface area (Å²) in [6, 6.07) is 14.6. The number of carbonyl (C=O) groups excluding carboxylic acids is 3. The number of non-ortho nitro benzene ring substituents is 1. The van der Waals surface area contributed by atoms with Gasteiger partial charge in [0, 0.05) is 17.8 Å². The number of hydrogen-bond donors (Lipinski definition) is 1. The minimum Gasteiger partial charge on any atom is -0.487 e. The predicted octanol–water partition coefficient (Wildman–Crippen LogP) is 6.51. The third-order valence-corrected chi connectivity index (χ3v) is 7.22. The van der Waals surface area contributed by atoms with Gasteiger partial charge in [-0.05, 0) is 103 Å². The predicted molar refractivity (Wildman–Crippen MR) is 147 cm³/mol. The summed E-state index contributed by atoms with van der Waals surface area (Å²) in [5.74, 6) is -1.32. The minimum atomic E-state index is -0.640. The molecule has 0 saturated carbocycles. The quantitative estimate of drug-likeness (QED) is 0.166. The van der Waals surface area contributed by atoms with E-state index >= 15 is 0 Å². The van der Waals surface area contributed by atoms with Crippen LogP contribution in [0.5, 0.6) is 5.75 Å². The van der Waals surface area contributed by atoms with Crippen LogP contribution in [0.3, 0.4) is 0 Å². The zero-order chi connectivity index (χ0) is 27.4. The van der Waals surface area contributed by atoms with Crippen LogP contribution in [0.25, 0.3) is 6.08 Å². The number of ether oxygens (including phenoxy) is 1. The van der Waals surface area contributed by atoms with E-state index in [1.165, 1.54) is 36.4 Å². The van der Waals surface area contributed by atoms with Crippen LogP contribution >= 0.6 is 43.6 Å². The highest BCUT2D eigenvalue weighted by Crippen LogP contribution is 2.38. The van der Waals surface area contributed by atoms with Crippen LogP contribution in [0.15, 0.2) is 74.5 Å². The summed E-state index contributed by atoms with van der Waals surface area (Å²) in [7, 11) is 0. The lowest BCUT2D eigenvalue weighted by molar-refractivity contribution is -0.384. The summed E-state index contributed by atoms with van der Waals surface area (Å²) in [5.41, 5.74) is 1.51. The van der Waals surface area contributed by atoms with Crippen LogP contribution in [0.4, 0.5) is 20.6 Å². The van der Waals surface area contributed by atoms with Gasteiger partial charge in [0.25, 0.3) is 16.8 Å². The molecule has 0 spiro atoms. The second kappa shape index (κ2) is 11.9. The van der Waals surface area contributed by atoms with Crippen molar-refractivity contribution < 1.29 is 28.4 Å². The first-order valence-corrected chi connectivity index (χ1v) is 13.2. The van der Waals surface area contributed by atoms with E-state index < -0.39 is 34.3 Å². The summed E-state index contributed by atoms with van der Waals surface area (Å²) in [5, 5.41) is 12.7. The molecule has 194 valence electrons. The molecule has 0 aromatic heterocycles. The van der Waals surface area contributed by atoms with Crippen molar-refractivity contribution in [2.75, 3.05) is 11.9 Å². The normalized spacial score (nSPS) is 14.2. The van der Waals surface area contributed by atoms with E-state index in [-0.39, 0.29) is 22.9 Å². The second-order valence-electron chi connectivity index (χ2n) is 7.85. The SMILES string of the molecule is O=C(CN1C(=O)S/C(=C/c2cc(Br)c(OCc3ccc([N+](=O)[O-])cc3)c(Br)c2)C1=O)Nc1cccc(F)c1. The minimum absolute atomic E-state index is 0.0166. The molecule has 13 heteroatoms. The Kier molecular flexibility index (Phi) is 8.59. The molecule has 1 N–H and O–H groups in total. The molecular formula is C25H16Br2FN3O6S. The van der Waals surface area contributed by atoms with Gasteiger partial charge in [0.05, 0.1) is 18.8 Å². The third kappa shape index (κ3) is 6.65. The molecule has 0 radical (unpaired) electrons. The number of imide groups is 1. The summed E-state index contributed by atoms with van der Waals surface area (Å²) < 4.78 is 20.3. The highest BCUT2D eigenvalue weighted by Gasteiger charge is 2.36. The third-order valence-electron chi connectivity index (χ3n) is 5.13. The highest BCUT2D eigenvalue weighted by molar-refractivity contribution is 9.11. The Bertz CT molecular complexity index is 1460. The molecule has 1 aliphatic rings. The largest absolute Gasteiger partial charge is 0.487 e. The van der Waals surface area contributed by atoms with Gasteiger partial charge in [-0.3, -0.25) is 29.4 Å².